The number of halogens is 1. The smallest absolute Gasteiger partial charge is 0.226 e. The van der Waals surface area contributed by atoms with E-state index in [2.05, 4.69) is 15.9 Å². The zero-order valence-corrected chi connectivity index (χ0v) is 12.9. The Balaban J connectivity index is 1.55. The summed E-state index contributed by atoms with van der Waals surface area (Å²) in [5.74, 6) is -0.228. The van der Waals surface area contributed by atoms with E-state index in [9.17, 15) is 4.79 Å². The molecule has 0 N–H and O–H groups in total. The fourth-order valence-corrected chi connectivity index (χ4v) is 3.04. The largest absolute Gasteiger partial charge is 0.347 e. The fourth-order valence-electron chi connectivity index (χ4n) is 2.77. The van der Waals surface area contributed by atoms with Crippen molar-refractivity contribution in [3.05, 3.63) is 34.3 Å². The molecule has 0 aliphatic carbocycles. The van der Waals surface area contributed by atoms with Gasteiger partial charge in [-0.1, -0.05) is 28.1 Å². The molecule has 0 unspecified atom stereocenters. The molecule has 1 amide bonds. The van der Waals surface area contributed by atoms with E-state index in [-0.39, 0.29) is 5.91 Å². The van der Waals surface area contributed by atoms with Gasteiger partial charge in [0.15, 0.2) is 5.79 Å². The number of rotatable bonds is 2. The first-order valence-corrected chi connectivity index (χ1v) is 7.76. The quantitative estimate of drug-likeness (QED) is 0.830. The van der Waals surface area contributed by atoms with Crippen LogP contribution in [0.4, 0.5) is 0 Å². The SMILES string of the molecule is O=C(Cc1ccc(Br)cc1)N1CCC2(CC1)OCCO2. The lowest BCUT2D eigenvalue weighted by atomic mass is 10.0. The minimum Gasteiger partial charge on any atom is -0.347 e. The van der Waals surface area contributed by atoms with Crippen molar-refractivity contribution in [2.45, 2.75) is 25.0 Å². The van der Waals surface area contributed by atoms with Gasteiger partial charge in [0.1, 0.15) is 0 Å². The van der Waals surface area contributed by atoms with Crippen molar-refractivity contribution in [2.75, 3.05) is 26.3 Å². The van der Waals surface area contributed by atoms with Crippen LogP contribution in [0.1, 0.15) is 18.4 Å². The number of piperidine rings is 1. The number of carbonyl (C=O) groups is 1. The first-order valence-electron chi connectivity index (χ1n) is 6.97. The van der Waals surface area contributed by atoms with Crippen molar-refractivity contribution in [1.29, 1.82) is 0 Å². The highest BCUT2D eigenvalue weighted by atomic mass is 79.9. The molecule has 2 aliphatic heterocycles. The fraction of sp³-hybridized carbons (Fsp3) is 0.533. The van der Waals surface area contributed by atoms with E-state index in [1.165, 1.54) is 0 Å². The third-order valence-corrected chi connectivity index (χ3v) is 4.49. The maximum Gasteiger partial charge on any atom is 0.226 e. The maximum atomic E-state index is 12.3. The molecule has 20 heavy (non-hydrogen) atoms. The second kappa shape index (κ2) is 5.84. The van der Waals surface area contributed by atoms with Crippen molar-refractivity contribution in [1.82, 2.24) is 4.90 Å². The van der Waals surface area contributed by atoms with Crippen LogP contribution in [0.25, 0.3) is 0 Å². The van der Waals surface area contributed by atoms with Crippen LogP contribution in [-0.4, -0.2) is 42.9 Å². The van der Waals surface area contributed by atoms with Gasteiger partial charge in [-0.2, -0.15) is 0 Å². The Morgan fingerprint density at radius 2 is 1.75 bits per heavy atom. The van der Waals surface area contributed by atoms with E-state index in [0.717, 1.165) is 36.0 Å². The lowest BCUT2D eigenvalue weighted by Crippen LogP contribution is -2.47. The van der Waals surface area contributed by atoms with Gasteiger partial charge in [0.05, 0.1) is 19.6 Å². The first-order chi connectivity index (χ1) is 9.67. The van der Waals surface area contributed by atoms with Gasteiger partial charge >= 0.3 is 0 Å². The highest BCUT2D eigenvalue weighted by Crippen LogP contribution is 2.31. The van der Waals surface area contributed by atoms with Crippen LogP contribution in [0, 0.1) is 0 Å². The zero-order chi connectivity index (χ0) is 14.0. The summed E-state index contributed by atoms with van der Waals surface area (Å²) in [5.41, 5.74) is 1.05. The van der Waals surface area contributed by atoms with Crippen LogP contribution in [0.5, 0.6) is 0 Å². The number of carbonyl (C=O) groups excluding carboxylic acids is 1. The molecule has 2 saturated heterocycles. The topological polar surface area (TPSA) is 38.8 Å². The Kier molecular flexibility index (Phi) is 4.10. The average Bonchev–Trinajstić information content (AvgIpc) is 2.90. The van der Waals surface area contributed by atoms with Crippen LogP contribution in [0.15, 0.2) is 28.7 Å². The number of nitrogens with zero attached hydrogens (tertiary/aromatic N) is 1. The Morgan fingerprint density at radius 1 is 1.15 bits per heavy atom. The molecule has 5 heteroatoms. The molecule has 108 valence electrons. The van der Waals surface area contributed by atoms with Gasteiger partial charge in [-0.3, -0.25) is 4.79 Å². The zero-order valence-electron chi connectivity index (χ0n) is 11.3. The summed E-state index contributed by atoms with van der Waals surface area (Å²) in [7, 11) is 0. The Bertz CT molecular complexity index is 472. The summed E-state index contributed by atoms with van der Waals surface area (Å²) in [5, 5.41) is 0. The summed E-state index contributed by atoms with van der Waals surface area (Å²) >= 11 is 3.40. The second-order valence-corrected chi connectivity index (χ2v) is 6.21. The normalized spacial score (nSPS) is 21.4. The predicted molar refractivity (Wildman–Crippen MR) is 78.3 cm³/mol. The Labute approximate surface area is 127 Å². The standard InChI is InChI=1S/C15H18BrNO3/c16-13-3-1-12(2-4-13)11-14(18)17-7-5-15(6-8-17)19-9-10-20-15/h1-4H,5-11H2. The van der Waals surface area contributed by atoms with Crippen molar-refractivity contribution in [3.63, 3.8) is 0 Å². The predicted octanol–water partition coefficient (Wildman–Crippen LogP) is 2.36. The Morgan fingerprint density at radius 3 is 2.35 bits per heavy atom. The summed E-state index contributed by atoms with van der Waals surface area (Å²) < 4.78 is 12.4. The van der Waals surface area contributed by atoms with Crippen LogP contribution in [0.2, 0.25) is 0 Å². The minimum atomic E-state index is -0.408. The average molecular weight is 340 g/mol. The molecule has 1 spiro atoms. The molecule has 1 aromatic carbocycles. The number of ether oxygens (including phenoxy) is 2. The number of likely N-dealkylation sites (tertiary alicyclic amines) is 1. The van der Waals surface area contributed by atoms with E-state index in [1.54, 1.807) is 0 Å². The van der Waals surface area contributed by atoms with E-state index in [4.69, 9.17) is 9.47 Å². The summed E-state index contributed by atoms with van der Waals surface area (Å²) in [4.78, 5) is 14.2. The van der Waals surface area contributed by atoms with E-state index in [0.29, 0.717) is 19.6 Å². The van der Waals surface area contributed by atoms with Gasteiger partial charge in [-0.15, -0.1) is 0 Å². The van der Waals surface area contributed by atoms with Gasteiger partial charge in [-0.25, -0.2) is 0 Å². The minimum absolute atomic E-state index is 0.181. The molecule has 2 aliphatic rings. The van der Waals surface area contributed by atoms with Gasteiger partial charge < -0.3 is 14.4 Å². The molecular weight excluding hydrogens is 322 g/mol. The highest BCUT2D eigenvalue weighted by molar-refractivity contribution is 9.10. The van der Waals surface area contributed by atoms with Gasteiger partial charge in [0, 0.05) is 30.4 Å². The highest BCUT2D eigenvalue weighted by Gasteiger charge is 2.40. The molecule has 0 radical (unpaired) electrons. The maximum absolute atomic E-state index is 12.3. The number of hydrogen-bond donors (Lipinski definition) is 0. The van der Waals surface area contributed by atoms with Crippen LogP contribution in [0.3, 0.4) is 0 Å². The third-order valence-electron chi connectivity index (χ3n) is 3.96. The van der Waals surface area contributed by atoms with Crippen molar-refractivity contribution in [2.24, 2.45) is 0 Å². The third kappa shape index (κ3) is 3.05. The molecule has 2 fully saturated rings. The molecule has 3 rings (SSSR count). The molecule has 4 nitrogen and oxygen atoms in total. The molecule has 1 aromatic rings. The molecule has 0 atom stereocenters. The molecule has 2 heterocycles. The lowest BCUT2D eigenvalue weighted by Gasteiger charge is -2.37. The number of amides is 1. The van der Waals surface area contributed by atoms with Crippen molar-refractivity contribution in [3.8, 4) is 0 Å². The summed E-state index contributed by atoms with van der Waals surface area (Å²) in [6, 6.07) is 7.90. The molecular formula is C15H18BrNO3. The first kappa shape index (κ1) is 14.0. The van der Waals surface area contributed by atoms with Crippen LogP contribution >= 0.6 is 15.9 Å². The van der Waals surface area contributed by atoms with Crippen LogP contribution in [-0.2, 0) is 20.7 Å². The van der Waals surface area contributed by atoms with Gasteiger partial charge in [0.2, 0.25) is 5.91 Å². The molecule has 0 saturated carbocycles. The number of hydrogen-bond acceptors (Lipinski definition) is 3. The lowest BCUT2D eigenvalue weighted by molar-refractivity contribution is -0.187. The van der Waals surface area contributed by atoms with E-state index in [1.807, 2.05) is 29.2 Å². The Hall–Kier alpha value is -0.910. The van der Waals surface area contributed by atoms with E-state index < -0.39 is 5.79 Å². The van der Waals surface area contributed by atoms with Gasteiger partial charge in [0.25, 0.3) is 0 Å². The second-order valence-electron chi connectivity index (χ2n) is 5.29. The molecule has 0 bridgehead atoms. The monoisotopic (exact) mass is 339 g/mol. The van der Waals surface area contributed by atoms with E-state index >= 15 is 0 Å². The van der Waals surface area contributed by atoms with Crippen molar-refractivity contribution >= 4 is 21.8 Å². The van der Waals surface area contributed by atoms with Crippen LogP contribution < -0.4 is 0 Å². The summed E-state index contributed by atoms with van der Waals surface area (Å²) in [6.45, 7) is 2.78. The summed E-state index contributed by atoms with van der Waals surface area (Å²) in [6.07, 6.45) is 2.01. The number of benzene rings is 1. The van der Waals surface area contributed by atoms with Gasteiger partial charge in [-0.05, 0) is 17.7 Å². The molecule has 0 aromatic heterocycles. The van der Waals surface area contributed by atoms with Crippen molar-refractivity contribution < 1.29 is 14.3 Å².